The van der Waals surface area contributed by atoms with E-state index in [1.165, 1.54) is 0 Å². The van der Waals surface area contributed by atoms with Crippen LogP contribution in [0.25, 0.3) is 0 Å². The molecule has 2 fully saturated rings. The summed E-state index contributed by atoms with van der Waals surface area (Å²) in [4.78, 5) is 36.2. The van der Waals surface area contributed by atoms with E-state index in [1.807, 2.05) is 25.9 Å². The summed E-state index contributed by atoms with van der Waals surface area (Å²) in [5, 5.41) is 10.1. The maximum atomic E-state index is 15.4. The van der Waals surface area contributed by atoms with E-state index < -0.39 is 17.6 Å². The van der Waals surface area contributed by atoms with Gasteiger partial charge in [-0.1, -0.05) is 25.7 Å². The minimum atomic E-state index is -0.629. The number of halogens is 1. The zero-order valence-electron chi connectivity index (χ0n) is 19.9. The molecule has 2 heterocycles. The fourth-order valence-electron chi connectivity index (χ4n) is 5.13. The number of anilines is 2. The van der Waals surface area contributed by atoms with Gasteiger partial charge in [0.05, 0.1) is 12.5 Å². The Bertz CT molecular complexity index is 834. The Morgan fingerprint density at radius 2 is 2.00 bits per heavy atom. The Morgan fingerprint density at radius 1 is 1.30 bits per heavy atom. The summed E-state index contributed by atoms with van der Waals surface area (Å²) in [7, 11) is 4.02. The van der Waals surface area contributed by atoms with Crippen molar-refractivity contribution in [1.29, 1.82) is 0 Å². The molecular formula is C22H36FN7O3. The van der Waals surface area contributed by atoms with E-state index in [9.17, 15) is 14.8 Å². The average Bonchev–Trinajstić information content (AvgIpc) is 3.42. The van der Waals surface area contributed by atoms with Gasteiger partial charge in [-0.2, -0.15) is 4.39 Å². The average molecular weight is 466 g/mol. The number of hydroxylamine groups is 2. The van der Waals surface area contributed by atoms with Crippen LogP contribution in [0, 0.1) is 24.6 Å². The van der Waals surface area contributed by atoms with Gasteiger partial charge in [-0.3, -0.25) is 25.6 Å². The highest BCUT2D eigenvalue weighted by Gasteiger charge is 2.35. The first-order valence-corrected chi connectivity index (χ1v) is 11.6. The number of nitrogens with one attached hydrogen (secondary N) is 2. The number of hydrogen-bond donors (Lipinski definition) is 3. The van der Waals surface area contributed by atoms with Gasteiger partial charge in [0.2, 0.25) is 18.1 Å². The lowest BCUT2D eigenvalue weighted by atomic mass is 9.92. The predicted molar refractivity (Wildman–Crippen MR) is 122 cm³/mol. The third-order valence-corrected chi connectivity index (χ3v) is 6.89. The summed E-state index contributed by atoms with van der Waals surface area (Å²) in [5.74, 6) is -0.831. The van der Waals surface area contributed by atoms with Crippen molar-refractivity contribution in [2.75, 3.05) is 37.5 Å². The first-order valence-electron chi connectivity index (χ1n) is 11.6. The normalized spacial score (nSPS) is 22.0. The van der Waals surface area contributed by atoms with Gasteiger partial charge >= 0.3 is 0 Å². The molecule has 1 saturated heterocycles. The maximum Gasteiger partial charge on any atom is 0.243 e. The minimum absolute atomic E-state index is 0.0703. The van der Waals surface area contributed by atoms with Crippen molar-refractivity contribution in [2.24, 2.45) is 11.8 Å². The highest BCUT2D eigenvalue weighted by molar-refractivity contribution is 5.80. The molecule has 1 saturated carbocycles. The Balaban J connectivity index is 1.71. The number of aryl methyl sites for hydroxylation is 1. The summed E-state index contributed by atoms with van der Waals surface area (Å²) in [5.41, 5.74) is 5.14. The van der Waals surface area contributed by atoms with Crippen molar-refractivity contribution in [3.05, 3.63) is 11.6 Å². The molecule has 3 N–H and O–H groups in total. The number of rotatable bonds is 10. The van der Waals surface area contributed by atoms with E-state index in [-0.39, 0.29) is 36.7 Å². The van der Waals surface area contributed by atoms with Crippen molar-refractivity contribution < 1.29 is 19.2 Å². The lowest BCUT2D eigenvalue weighted by molar-refractivity contribution is -0.154. The topological polar surface area (TPSA) is 114 Å². The van der Waals surface area contributed by atoms with Crippen molar-refractivity contribution in [3.8, 4) is 0 Å². The standard InChI is InChI=1S/C22H36FN7O3/c1-14-18(28(3)4)9-10-30(14)21-19(23)20(24-15(2)25-21)26-27-22(32)17(12-29(33)13-31)11-16-7-5-6-8-16/h13-14,16-18,33H,5-12H2,1-4H3,(H,27,32)(H,24,25,26)/t14-,17-,18-/m1/s1. The van der Waals surface area contributed by atoms with Crippen LogP contribution in [0.15, 0.2) is 0 Å². The predicted octanol–water partition coefficient (Wildman–Crippen LogP) is 1.94. The summed E-state index contributed by atoms with van der Waals surface area (Å²) < 4.78 is 15.4. The van der Waals surface area contributed by atoms with Crippen LogP contribution in [-0.4, -0.2) is 76.7 Å². The van der Waals surface area contributed by atoms with Crippen LogP contribution in [-0.2, 0) is 9.59 Å². The molecule has 1 aromatic rings. The van der Waals surface area contributed by atoms with Crippen molar-refractivity contribution in [2.45, 2.75) is 64.5 Å². The number of amides is 2. The second-order valence-corrected chi connectivity index (χ2v) is 9.44. The molecule has 1 aromatic heterocycles. The molecule has 0 spiro atoms. The van der Waals surface area contributed by atoms with Gasteiger partial charge in [0.25, 0.3) is 0 Å². The molecule has 10 nitrogen and oxygen atoms in total. The largest absolute Gasteiger partial charge is 0.350 e. The fourth-order valence-corrected chi connectivity index (χ4v) is 5.13. The lowest BCUT2D eigenvalue weighted by Gasteiger charge is -2.29. The highest BCUT2D eigenvalue weighted by Crippen LogP contribution is 2.32. The Morgan fingerprint density at radius 3 is 2.61 bits per heavy atom. The summed E-state index contributed by atoms with van der Waals surface area (Å²) in [6.07, 6.45) is 6.00. The number of likely N-dealkylation sites (N-methyl/N-ethyl adjacent to an activating group) is 1. The quantitative estimate of drug-likeness (QED) is 0.273. The molecule has 1 aliphatic heterocycles. The number of nitrogens with zero attached hydrogens (tertiary/aromatic N) is 5. The van der Waals surface area contributed by atoms with E-state index in [2.05, 4.69) is 25.7 Å². The van der Waals surface area contributed by atoms with Gasteiger partial charge in [0.15, 0.2) is 11.6 Å². The first kappa shape index (κ1) is 25.1. The van der Waals surface area contributed by atoms with Gasteiger partial charge in [0.1, 0.15) is 5.82 Å². The third-order valence-electron chi connectivity index (χ3n) is 6.89. The fraction of sp³-hybridized carbons (Fsp3) is 0.727. The molecule has 2 amide bonds. The van der Waals surface area contributed by atoms with Crippen LogP contribution >= 0.6 is 0 Å². The summed E-state index contributed by atoms with van der Waals surface area (Å²) >= 11 is 0. The number of aromatic nitrogens is 2. The van der Waals surface area contributed by atoms with E-state index in [1.54, 1.807) is 6.92 Å². The van der Waals surface area contributed by atoms with Gasteiger partial charge in [0, 0.05) is 18.6 Å². The second kappa shape index (κ2) is 11.1. The Kier molecular flexibility index (Phi) is 8.41. The lowest BCUT2D eigenvalue weighted by Crippen LogP contribution is -2.42. The van der Waals surface area contributed by atoms with E-state index >= 15 is 4.39 Å². The zero-order chi connectivity index (χ0) is 24.1. The van der Waals surface area contributed by atoms with E-state index in [0.29, 0.717) is 29.8 Å². The third kappa shape index (κ3) is 6.08. The second-order valence-electron chi connectivity index (χ2n) is 9.44. The number of hydrogen-bond acceptors (Lipinski definition) is 8. The molecule has 3 rings (SSSR count). The molecule has 11 heteroatoms. The van der Waals surface area contributed by atoms with E-state index in [4.69, 9.17) is 0 Å². The van der Waals surface area contributed by atoms with Crippen LogP contribution in [0.3, 0.4) is 0 Å². The molecule has 33 heavy (non-hydrogen) atoms. The summed E-state index contributed by atoms with van der Waals surface area (Å²) in [6.45, 7) is 4.27. The zero-order valence-corrected chi connectivity index (χ0v) is 19.9. The molecule has 0 aromatic carbocycles. The Hall–Kier alpha value is -2.53. The van der Waals surface area contributed by atoms with Crippen molar-refractivity contribution >= 4 is 24.0 Å². The number of hydrazine groups is 1. The van der Waals surface area contributed by atoms with Gasteiger partial charge in [-0.25, -0.2) is 15.0 Å². The van der Waals surface area contributed by atoms with Crippen LogP contribution < -0.4 is 15.8 Å². The molecular weight excluding hydrogens is 429 g/mol. The smallest absolute Gasteiger partial charge is 0.243 e. The van der Waals surface area contributed by atoms with Gasteiger partial charge < -0.3 is 9.80 Å². The molecule has 1 aliphatic carbocycles. The SMILES string of the molecule is Cc1nc(NNC(=O)[C@H](CC2CCCC2)CN(O)C=O)c(F)c(N2CC[C@@H](N(C)C)[C@H]2C)n1. The van der Waals surface area contributed by atoms with Crippen LogP contribution in [0.4, 0.5) is 16.0 Å². The molecule has 184 valence electrons. The van der Waals surface area contributed by atoms with Crippen molar-refractivity contribution in [1.82, 2.24) is 25.4 Å². The van der Waals surface area contributed by atoms with Gasteiger partial charge in [-0.05, 0) is 46.7 Å². The maximum absolute atomic E-state index is 15.4. The Labute approximate surface area is 194 Å². The molecule has 0 unspecified atom stereocenters. The molecule has 0 bridgehead atoms. The van der Waals surface area contributed by atoms with E-state index in [0.717, 1.165) is 32.1 Å². The number of carbonyl (C=O) groups excluding carboxylic acids is 2. The van der Waals surface area contributed by atoms with Gasteiger partial charge in [-0.15, -0.1) is 0 Å². The minimum Gasteiger partial charge on any atom is -0.350 e. The van der Waals surface area contributed by atoms with Crippen LogP contribution in [0.5, 0.6) is 0 Å². The monoisotopic (exact) mass is 465 g/mol. The van der Waals surface area contributed by atoms with Crippen LogP contribution in [0.1, 0.15) is 51.3 Å². The summed E-state index contributed by atoms with van der Waals surface area (Å²) in [6, 6.07) is 0.354. The molecule has 0 radical (unpaired) electrons. The first-order chi connectivity index (χ1) is 15.7. The molecule has 2 aliphatic rings. The van der Waals surface area contributed by atoms with Crippen LogP contribution in [0.2, 0.25) is 0 Å². The highest BCUT2D eigenvalue weighted by atomic mass is 19.1. The molecule has 3 atom stereocenters. The number of carbonyl (C=O) groups is 2. The van der Waals surface area contributed by atoms with Crippen molar-refractivity contribution in [3.63, 3.8) is 0 Å².